The van der Waals surface area contributed by atoms with E-state index >= 15 is 0 Å². The van der Waals surface area contributed by atoms with E-state index in [-0.39, 0.29) is 12.1 Å². The molecule has 2 aromatic rings. The van der Waals surface area contributed by atoms with Crippen molar-refractivity contribution in [1.82, 2.24) is 4.90 Å². The average Bonchev–Trinajstić information content (AvgIpc) is 2.73. The smallest absolute Gasteiger partial charge is 0.348 e. The van der Waals surface area contributed by atoms with Gasteiger partial charge in [0.2, 0.25) is 6.10 Å². The summed E-state index contributed by atoms with van der Waals surface area (Å²) in [5.74, 6) is -1.14. The Morgan fingerprint density at radius 2 is 1.62 bits per heavy atom. The second-order valence-corrected chi connectivity index (χ2v) is 7.06. The van der Waals surface area contributed by atoms with Crippen LogP contribution in [0.5, 0.6) is 0 Å². The maximum atomic E-state index is 12.5. The highest BCUT2D eigenvalue weighted by Gasteiger charge is 2.50. The van der Waals surface area contributed by atoms with Crippen LogP contribution in [0.3, 0.4) is 0 Å². The molecule has 0 saturated carbocycles. The zero-order valence-corrected chi connectivity index (χ0v) is 17.1. The van der Waals surface area contributed by atoms with Crippen molar-refractivity contribution in [2.45, 2.75) is 31.6 Å². The molecule has 1 unspecified atom stereocenters. The highest BCUT2D eigenvalue weighted by Crippen LogP contribution is 2.39. The van der Waals surface area contributed by atoms with Crippen LogP contribution >= 0.6 is 0 Å². The molecule has 6 nitrogen and oxygen atoms in total. The summed E-state index contributed by atoms with van der Waals surface area (Å²) in [4.78, 5) is 18.7. The summed E-state index contributed by atoms with van der Waals surface area (Å²) in [7, 11) is 3.32. The third kappa shape index (κ3) is 3.89. The first kappa shape index (κ1) is 20.6. The Balaban J connectivity index is 2.16. The Kier molecular flexibility index (Phi) is 6.03. The molecule has 0 fully saturated rings. The van der Waals surface area contributed by atoms with Crippen molar-refractivity contribution in [2.24, 2.45) is 4.99 Å². The van der Waals surface area contributed by atoms with Crippen LogP contribution in [0.4, 0.5) is 0 Å². The van der Waals surface area contributed by atoms with Crippen LogP contribution in [-0.4, -0.2) is 48.3 Å². The summed E-state index contributed by atoms with van der Waals surface area (Å²) in [5.41, 5.74) is 0.772. The van der Waals surface area contributed by atoms with Gasteiger partial charge in [-0.15, -0.1) is 0 Å². The van der Waals surface area contributed by atoms with E-state index in [4.69, 9.17) is 9.47 Å². The fourth-order valence-electron chi connectivity index (χ4n) is 3.61. The second kappa shape index (κ2) is 8.49. The fraction of sp³-hybridized carbons (Fsp3) is 0.304. The van der Waals surface area contributed by atoms with Crippen molar-refractivity contribution < 1.29 is 19.4 Å². The van der Waals surface area contributed by atoms with Crippen LogP contribution in [0.25, 0.3) is 0 Å². The highest BCUT2D eigenvalue weighted by molar-refractivity contribution is 5.83. The number of carboxylic acid groups (broad SMARTS) is 1. The second-order valence-electron chi connectivity index (χ2n) is 7.06. The molecule has 1 aliphatic rings. The standard InChI is InChI=1S/C23H26N2O4/c1-16-15-17(2)25(3)22(24-16)29-20(21(26)27)23(28-4,18-11-7-5-8-12-18)19-13-9-6-10-14-19/h5-15,17,20H,1-4H3,(H,26,27)/t17?,20-/m0/s1. The van der Waals surface area contributed by atoms with E-state index in [1.165, 1.54) is 7.11 Å². The van der Waals surface area contributed by atoms with Gasteiger partial charge in [0, 0.05) is 19.9 Å². The van der Waals surface area contributed by atoms with Gasteiger partial charge in [0.15, 0.2) is 5.60 Å². The van der Waals surface area contributed by atoms with Gasteiger partial charge < -0.3 is 19.5 Å². The molecule has 1 N–H and O–H groups in total. The monoisotopic (exact) mass is 394 g/mol. The van der Waals surface area contributed by atoms with Crippen molar-refractivity contribution in [1.29, 1.82) is 0 Å². The normalized spacial score (nSPS) is 17.9. The number of aliphatic imine (C=N–C) groups is 1. The Bertz CT molecular complexity index is 869. The zero-order valence-electron chi connectivity index (χ0n) is 17.1. The van der Waals surface area contributed by atoms with Crippen molar-refractivity contribution in [3.8, 4) is 0 Å². The van der Waals surface area contributed by atoms with E-state index in [1.54, 1.807) is 4.90 Å². The minimum atomic E-state index is -1.37. The minimum Gasteiger partial charge on any atom is -0.478 e. The van der Waals surface area contributed by atoms with Crippen LogP contribution < -0.4 is 0 Å². The van der Waals surface area contributed by atoms with E-state index in [0.29, 0.717) is 11.1 Å². The van der Waals surface area contributed by atoms with Gasteiger partial charge in [0.1, 0.15) is 0 Å². The number of nitrogens with zero attached hydrogens (tertiary/aromatic N) is 2. The van der Waals surface area contributed by atoms with Gasteiger partial charge in [-0.05, 0) is 31.1 Å². The van der Waals surface area contributed by atoms with Gasteiger partial charge in [0.05, 0.1) is 6.04 Å². The molecule has 2 atom stereocenters. The molecule has 0 bridgehead atoms. The third-order valence-electron chi connectivity index (χ3n) is 5.21. The summed E-state index contributed by atoms with van der Waals surface area (Å²) in [6.07, 6.45) is 0.622. The molecule has 0 radical (unpaired) electrons. The van der Waals surface area contributed by atoms with E-state index in [1.807, 2.05) is 87.6 Å². The number of carbonyl (C=O) groups is 1. The Morgan fingerprint density at radius 3 is 2.07 bits per heavy atom. The highest BCUT2D eigenvalue weighted by atomic mass is 16.6. The van der Waals surface area contributed by atoms with Crippen LogP contribution in [0, 0.1) is 0 Å². The number of amidine groups is 1. The van der Waals surface area contributed by atoms with Crippen LogP contribution in [0.2, 0.25) is 0 Å². The molecule has 1 aliphatic heterocycles. The van der Waals surface area contributed by atoms with Crippen molar-refractivity contribution >= 4 is 12.0 Å². The molecule has 29 heavy (non-hydrogen) atoms. The van der Waals surface area contributed by atoms with Gasteiger partial charge >= 0.3 is 5.97 Å². The van der Waals surface area contributed by atoms with E-state index < -0.39 is 17.7 Å². The maximum absolute atomic E-state index is 12.5. The topological polar surface area (TPSA) is 71.4 Å². The molecule has 6 heteroatoms. The molecule has 1 heterocycles. The lowest BCUT2D eigenvalue weighted by atomic mass is 9.81. The number of benzene rings is 2. The molecule has 0 aromatic heterocycles. The molecule has 0 amide bonds. The summed E-state index contributed by atoms with van der Waals surface area (Å²) in [6.45, 7) is 3.86. The number of hydrogen-bond acceptors (Lipinski definition) is 5. The molecule has 2 aromatic carbocycles. The minimum absolute atomic E-state index is 0.0299. The summed E-state index contributed by atoms with van der Waals surface area (Å²) in [5, 5.41) is 10.2. The number of rotatable bonds is 6. The summed E-state index contributed by atoms with van der Waals surface area (Å²) < 4.78 is 12.1. The number of hydrogen-bond donors (Lipinski definition) is 1. The van der Waals surface area contributed by atoms with Crippen LogP contribution in [-0.2, 0) is 19.9 Å². The number of ether oxygens (including phenoxy) is 2. The van der Waals surface area contributed by atoms with Gasteiger partial charge in [0.25, 0.3) is 6.02 Å². The van der Waals surface area contributed by atoms with E-state index in [2.05, 4.69) is 4.99 Å². The van der Waals surface area contributed by atoms with Gasteiger partial charge in [-0.2, -0.15) is 0 Å². The van der Waals surface area contributed by atoms with Crippen molar-refractivity contribution in [3.05, 3.63) is 83.6 Å². The number of methoxy groups -OCH3 is 1. The first-order valence-corrected chi connectivity index (χ1v) is 9.45. The fourth-order valence-corrected chi connectivity index (χ4v) is 3.61. The average molecular weight is 394 g/mol. The molecule has 152 valence electrons. The number of likely N-dealkylation sites (N-methyl/N-ethyl adjacent to an activating group) is 1. The number of allylic oxidation sites excluding steroid dienone is 1. The quantitative estimate of drug-likeness (QED) is 0.810. The van der Waals surface area contributed by atoms with Crippen molar-refractivity contribution in [2.75, 3.05) is 14.2 Å². The SMILES string of the molecule is COC(c1ccccc1)(c1ccccc1)[C@@H](OC1=NC(C)=CC(C)N1C)C(=O)O. The zero-order chi connectivity index (χ0) is 21.0. The van der Waals surface area contributed by atoms with E-state index in [9.17, 15) is 9.90 Å². The van der Waals surface area contributed by atoms with E-state index in [0.717, 1.165) is 5.70 Å². The lowest BCUT2D eigenvalue weighted by Gasteiger charge is -2.40. The molecule has 0 saturated heterocycles. The maximum Gasteiger partial charge on any atom is 0.348 e. The largest absolute Gasteiger partial charge is 0.478 e. The van der Waals surface area contributed by atoms with Crippen molar-refractivity contribution in [3.63, 3.8) is 0 Å². The first-order valence-electron chi connectivity index (χ1n) is 9.45. The number of aliphatic carboxylic acids is 1. The summed E-state index contributed by atoms with van der Waals surface area (Å²) >= 11 is 0. The third-order valence-corrected chi connectivity index (χ3v) is 5.21. The van der Waals surface area contributed by atoms with Crippen LogP contribution in [0.1, 0.15) is 25.0 Å². The van der Waals surface area contributed by atoms with Crippen LogP contribution in [0.15, 0.2) is 77.4 Å². The van der Waals surface area contributed by atoms with Gasteiger partial charge in [-0.1, -0.05) is 60.7 Å². The molecule has 0 spiro atoms. The Morgan fingerprint density at radius 1 is 1.10 bits per heavy atom. The molecule has 0 aliphatic carbocycles. The molecular weight excluding hydrogens is 368 g/mol. The predicted octanol–water partition coefficient (Wildman–Crippen LogP) is 3.64. The number of carboxylic acids is 1. The molecule has 3 rings (SSSR count). The summed E-state index contributed by atoms with van der Waals surface area (Å²) in [6, 6.07) is 18.8. The lowest BCUT2D eigenvalue weighted by molar-refractivity contribution is -0.162. The van der Waals surface area contributed by atoms with Gasteiger partial charge in [-0.25, -0.2) is 9.79 Å². The predicted molar refractivity (Wildman–Crippen MR) is 112 cm³/mol. The first-order chi connectivity index (χ1) is 13.9. The van der Waals surface area contributed by atoms with Gasteiger partial charge in [-0.3, -0.25) is 0 Å². The lowest BCUT2D eigenvalue weighted by Crippen LogP contribution is -2.52. The Hall–Kier alpha value is -3.12. The Labute approximate surface area is 171 Å². The molecular formula is C23H26N2O4.